The van der Waals surface area contributed by atoms with E-state index in [1.165, 1.54) is 31.2 Å². The van der Waals surface area contributed by atoms with Crippen molar-refractivity contribution < 1.29 is 4.74 Å². The van der Waals surface area contributed by atoms with Gasteiger partial charge in [-0.05, 0) is 50.1 Å². The van der Waals surface area contributed by atoms with Gasteiger partial charge in [-0.2, -0.15) is 11.8 Å². The quantitative estimate of drug-likeness (QED) is 0.745. The van der Waals surface area contributed by atoms with Gasteiger partial charge in [-0.1, -0.05) is 31.9 Å². The van der Waals surface area contributed by atoms with E-state index in [9.17, 15) is 0 Å². The van der Waals surface area contributed by atoms with E-state index in [0.717, 1.165) is 25.3 Å². The van der Waals surface area contributed by atoms with Gasteiger partial charge in [-0.15, -0.1) is 0 Å². The smallest absolute Gasteiger partial charge is 0.119 e. The van der Waals surface area contributed by atoms with E-state index in [-0.39, 0.29) is 0 Å². The lowest BCUT2D eigenvalue weighted by molar-refractivity contribution is 0.317. The minimum atomic E-state index is 0.398. The van der Waals surface area contributed by atoms with Crippen molar-refractivity contribution in [3.63, 3.8) is 0 Å². The Morgan fingerprint density at radius 1 is 1.24 bits per heavy atom. The SMILES string of the molecule is CCCOc1ccc(C(C)NCC2(SC)CCCC2)cc1. The summed E-state index contributed by atoms with van der Waals surface area (Å²) in [6.45, 7) is 6.29. The second kappa shape index (κ2) is 8.09. The number of benzene rings is 1. The zero-order valence-electron chi connectivity index (χ0n) is 13.7. The highest BCUT2D eigenvalue weighted by molar-refractivity contribution is 8.00. The van der Waals surface area contributed by atoms with Crippen molar-refractivity contribution in [3.05, 3.63) is 29.8 Å². The van der Waals surface area contributed by atoms with Crippen LogP contribution in [0.4, 0.5) is 0 Å². The van der Waals surface area contributed by atoms with E-state index >= 15 is 0 Å². The molecule has 1 aliphatic carbocycles. The summed E-state index contributed by atoms with van der Waals surface area (Å²) >= 11 is 2.05. The van der Waals surface area contributed by atoms with Crippen LogP contribution in [-0.4, -0.2) is 24.2 Å². The lowest BCUT2D eigenvalue weighted by atomic mass is 10.0. The topological polar surface area (TPSA) is 21.3 Å². The molecule has 0 radical (unpaired) electrons. The van der Waals surface area contributed by atoms with Crippen LogP contribution in [0, 0.1) is 0 Å². The van der Waals surface area contributed by atoms with Gasteiger partial charge in [0.2, 0.25) is 0 Å². The number of ether oxygens (including phenoxy) is 1. The first-order valence-corrected chi connectivity index (χ1v) is 9.43. The van der Waals surface area contributed by atoms with Crippen LogP contribution in [-0.2, 0) is 0 Å². The molecule has 1 N–H and O–H groups in total. The predicted octanol–water partition coefficient (Wildman–Crippen LogP) is 4.80. The Morgan fingerprint density at radius 3 is 2.48 bits per heavy atom. The molecule has 1 atom stereocenters. The molecular formula is C18H29NOS. The third-order valence-electron chi connectivity index (χ3n) is 4.53. The molecule has 0 spiro atoms. The fraction of sp³-hybridized carbons (Fsp3) is 0.667. The number of hydrogen-bond acceptors (Lipinski definition) is 3. The summed E-state index contributed by atoms with van der Waals surface area (Å²) < 4.78 is 6.11. The Labute approximate surface area is 134 Å². The molecule has 1 aliphatic rings. The molecule has 0 saturated heterocycles. The average Bonchev–Trinajstić information content (AvgIpc) is 3.00. The fourth-order valence-corrected chi connectivity index (χ4v) is 3.93. The van der Waals surface area contributed by atoms with Gasteiger partial charge in [0, 0.05) is 17.3 Å². The Morgan fingerprint density at radius 2 is 1.90 bits per heavy atom. The van der Waals surface area contributed by atoms with Crippen LogP contribution in [0.5, 0.6) is 5.75 Å². The van der Waals surface area contributed by atoms with Crippen LogP contribution in [0.3, 0.4) is 0 Å². The minimum Gasteiger partial charge on any atom is -0.494 e. The molecule has 118 valence electrons. The number of thioether (sulfide) groups is 1. The highest BCUT2D eigenvalue weighted by Crippen LogP contribution is 2.40. The van der Waals surface area contributed by atoms with Gasteiger partial charge in [0.15, 0.2) is 0 Å². The van der Waals surface area contributed by atoms with Crippen molar-refractivity contribution in [2.45, 2.75) is 56.7 Å². The number of rotatable bonds is 8. The van der Waals surface area contributed by atoms with Gasteiger partial charge in [0.25, 0.3) is 0 Å². The van der Waals surface area contributed by atoms with Gasteiger partial charge >= 0.3 is 0 Å². The molecule has 0 amide bonds. The lowest BCUT2D eigenvalue weighted by Crippen LogP contribution is -2.36. The summed E-state index contributed by atoms with van der Waals surface area (Å²) in [6, 6.07) is 8.94. The maximum Gasteiger partial charge on any atom is 0.119 e. The molecule has 1 unspecified atom stereocenters. The summed E-state index contributed by atoms with van der Waals surface area (Å²) in [7, 11) is 0. The molecule has 0 bridgehead atoms. The van der Waals surface area contributed by atoms with Crippen LogP contribution in [0.2, 0.25) is 0 Å². The highest BCUT2D eigenvalue weighted by Gasteiger charge is 2.32. The van der Waals surface area contributed by atoms with Crippen LogP contribution < -0.4 is 10.1 Å². The van der Waals surface area contributed by atoms with Crippen LogP contribution in [0.15, 0.2) is 24.3 Å². The van der Waals surface area contributed by atoms with Gasteiger partial charge in [0.05, 0.1) is 6.61 Å². The van der Waals surface area contributed by atoms with E-state index < -0.39 is 0 Å². The van der Waals surface area contributed by atoms with Gasteiger partial charge in [-0.3, -0.25) is 0 Å². The van der Waals surface area contributed by atoms with Crippen molar-refractivity contribution in [3.8, 4) is 5.75 Å². The zero-order chi connectivity index (χ0) is 15.1. The van der Waals surface area contributed by atoms with Gasteiger partial charge < -0.3 is 10.1 Å². The van der Waals surface area contributed by atoms with Gasteiger partial charge in [0.1, 0.15) is 5.75 Å². The van der Waals surface area contributed by atoms with E-state index in [1.807, 2.05) is 11.8 Å². The van der Waals surface area contributed by atoms with Crippen LogP contribution in [0.25, 0.3) is 0 Å². The molecule has 1 aromatic rings. The summed E-state index contributed by atoms with van der Waals surface area (Å²) in [5, 5.41) is 3.73. The monoisotopic (exact) mass is 307 g/mol. The number of nitrogens with one attached hydrogen (secondary N) is 1. The van der Waals surface area contributed by atoms with Crippen molar-refractivity contribution in [2.24, 2.45) is 0 Å². The second-order valence-electron chi connectivity index (χ2n) is 6.11. The van der Waals surface area contributed by atoms with Crippen molar-refractivity contribution in [1.82, 2.24) is 5.32 Å². The fourth-order valence-electron chi connectivity index (χ4n) is 3.00. The molecule has 0 aliphatic heterocycles. The summed E-state index contributed by atoms with van der Waals surface area (Å²) in [6.07, 6.45) is 8.81. The lowest BCUT2D eigenvalue weighted by Gasteiger charge is -2.29. The predicted molar refractivity (Wildman–Crippen MR) is 93.4 cm³/mol. The van der Waals surface area contributed by atoms with E-state index in [0.29, 0.717) is 10.8 Å². The average molecular weight is 308 g/mol. The van der Waals surface area contributed by atoms with Crippen LogP contribution >= 0.6 is 11.8 Å². The number of hydrogen-bond donors (Lipinski definition) is 1. The Kier molecular flexibility index (Phi) is 6.43. The molecular weight excluding hydrogens is 278 g/mol. The first-order valence-electron chi connectivity index (χ1n) is 8.20. The Bertz CT molecular complexity index is 412. The molecule has 1 aromatic carbocycles. The third-order valence-corrected chi connectivity index (χ3v) is 5.95. The van der Waals surface area contributed by atoms with E-state index in [2.05, 4.69) is 49.7 Å². The molecule has 0 aromatic heterocycles. The zero-order valence-corrected chi connectivity index (χ0v) is 14.5. The molecule has 21 heavy (non-hydrogen) atoms. The second-order valence-corrected chi connectivity index (χ2v) is 7.39. The van der Waals surface area contributed by atoms with Crippen LogP contribution in [0.1, 0.15) is 57.6 Å². The summed E-state index contributed by atoms with van der Waals surface area (Å²) in [5.74, 6) is 0.976. The highest BCUT2D eigenvalue weighted by atomic mass is 32.2. The maximum atomic E-state index is 5.64. The van der Waals surface area contributed by atoms with Crippen molar-refractivity contribution in [1.29, 1.82) is 0 Å². The molecule has 1 fully saturated rings. The Balaban J connectivity index is 1.86. The summed E-state index contributed by atoms with van der Waals surface area (Å²) in [5.41, 5.74) is 1.34. The van der Waals surface area contributed by atoms with Gasteiger partial charge in [-0.25, -0.2) is 0 Å². The largest absolute Gasteiger partial charge is 0.494 e. The first-order chi connectivity index (χ1) is 10.2. The first kappa shape index (κ1) is 16.7. The van der Waals surface area contributed by atoms with Crippen molar-refractivity contribution in [2.75, 3.05) is 19.4 Å². The molecule has 2 nitrogen and oxygen atoms in total. The Hall–Kier alpha value is -0.670. The molecule has 2 rings (SSSR count). The van der Waals surface area contributed by atoms with E-state index in [1.54, 1.807) is 0 Å². The normalized spacial score (nSPS) is 18.6. The molecule has 1 saturated carbocycles. The third kappa shape index (κ3) is 4.65. The van der Waals surface area contributed by atoms with E-state index in [4.69, 9.17) is 4.74 Å². The minimum absolute atomic E-state index is 0.398. The molecule has 3 heteroatoms. The maximum absolute atomic E-state index is 5.64. The molecule has 0 heterocycles. The van der Waals surface area contributed by atoms with Crippen molar-refractivity contribution >= 4 is 11.8 Å². The standard InChI is InChI=1S/C18H29NOS/c1-4-13-20-17-9-7-16(8-10-17)15(2)19-14-18(21-3)11-5-6-12-18/h7-10,15,19H,4-6,11-14H2,1-3H3. The summed E-state index contributed by atoms with van der Waals surface area (Å²) in [4.78, 5) is 0.